The SMILES string of the molecule is CC/C=C\C/C=C\C/C=C\C/C=C\C/C=C\C/C=C\C/C=C\CCCC(=O)OCC(COC(=O)CCCCCCCCCCCCC)OC(=O)CCCCCCC/C=C\CCCCC. The minimum absolute atomic E-state index is 0.0980. The van der Waals surface area contributed by atoms with Crippen molar-refractivity contribution in [1.82, 2.24) is 0 Å². The molecule has 0 saturated carbocycles. The second-order valence-corrected chi connectivity index (χ2v) is 17.1. The van der Waals surface area contributed by atoms with Crippen molar-refractivity contribution in [2.24, 2.45) is 0 Å². The van der Waals surface area contributed by atoms with Gasteiger partial charge >= 0.3 is 17.9 Å². The van der Waals surface area contributed by atoms with Gasteiger partial charge in [-0.1, -0.05) is 214 Å². The number of unbranched alkanes of at least 4 members (excludes halogenated alkanes) is 19. The highest BCUT2D eigenvalue weighted by molar-refractivity contribution is 5.71. The predicted molar refractivity (Wildman–Crippen MR) is 274 cm³/mol. The van der Waals surface area contributed by atoms with Gasteiger partial charge in [0.05, 0.1) is 0 Å². The minimum atomic E-state index is -0.803. The fourth-order valence-corrected chi connectivity index (χ4v) is 6.90. The average Bonchev–Trinajstić information content (AvgIpc) is 3.29. The summed E-state index contributed by atoms with van der Waals surface area (Å²) in [6, 6.07) is 0. The van der Waals surface area contributed by atoms with Crippen molar-refractivity contribution >= 4 is 17.9 Å². The third-order valence-corrected chi connectivity index (χ3v) is 10.8. The lowest BCUT2D eigenvalue weighted by Gasteiger charge is -2.18. The first-order valence-corrected chi connectivity index (χ1v) is 26.2. The van der Waals surface area contributed by atoms with E-state index in [4.69, 9.17) is 14.2 Å². The first-order valence-electron chi connectivity index (χ1n) is 26.2. The van der Waals surface area contributed by atoms with E-state index in [1.807, 2.05) is 0 Å². The van der Waals surface area contributed by atoms with Crippen molar-refractivity contribution in [2.75, 3.05) is 13.2 Å². The van der Waals surface area contributed by atoms with Gasteiger partial charge < -0.3 is 14.2 Å². The maximum absolute atomic E-state index is 12.8. The molecule has 0 fully saturated rings. The second kappa shape index (κ2) is 52.0. The first kappa shape index (κ1) is 60.3. The number of hydrogen-bond acceptors (Lipinski definition) is 6. The van der Waals surface area contributed by atoms with Crippen LogP contribution in [0.3, 0.4) is 0 Å². The molecule has 0 aromatic carbocycles. The Morgan fingerprint density at radius 3 is 1.06 bits per heavy atom. The Kier molecular flexibility index (Phi) is 49.0. The third-order valence-electron chi connectivity index (χ3n) is 10.8. The Balaban J connectivity index is 4.43. The van der Waals surface area contributed by atoms with Crippen LogP contribution in [0.1, 0.15) is 233 Å². The van der Waals surface area contributed by atoms with Gasteiger partial charge in [-0.2, -0.15) is 0 Å². The van der Waals surface area contributed by atoms with Crippen LogP contribution in [0.15, 0.2) is 97.2 Å². The van der Waals surface area contributed by atoms with Crippen LogP contribution in [0.4, 0.5) is 0 Å². The van der Waals surface area contributed by atoms with Crippen molar-refractivity contribution < 1.29 is 28.6 Å². The maximum atomic E-state index is 12.8. The van der Waals surface area contributed by atoms with E-state index >= 15 is 0 Å². The van der Waals surface area contributed by atoms with E-state index in [9.17, 15) is 14.4 Å². The van der Waals surface area contributed by atoms with Gasteiger partial charge in [0, 0.05) is 19.3 Å². The molecular formula is C58H96O6. The van der Waals surface area contributed by atoms with Crippen molar-refractivity contribution in [3.63, 3.8) is 0 Å². The summed E-state index contributed by atoms with van der Waals surface area (Å²) in [5.41, 5.74) is 0. The van der Waals surface area contributed by atoms with Crippen LogP contribution in [0.25, 0.3) is 0 Å². The van der Waals surface area contributed by atoms with Crippen molar-refractivity contribution in [3.8, 4) is 0 Å². The molecule has 0 saturated heterocycles. The minimum Gasteiger partial charge on any atom is -0.462 e. The van der Waals surface area contributed by atoms with Crippen molar-refractivity contribution in [3.05, 3.63) is 97.2 Å². The number of carbonyl (C=O) groups excluding carboxylic acids is 3. The quantitative estimate of drug-likeness (QED) is 0.0262. The fraction of sp³-hybridized carbons (Fsp3) is 0.672. The number of carbonyl (C=O) groups is 3. The summed E-state index contributed by atoms with van der Waals surface area (Å²) in [5, 5.41) is 0. The second-order valence-electron chi connectivity index (χ2n) is 17.1. The third kappa shape index (κ3) is 49.3. The van der Waals surface area contributed by atoms with E-state index < -0.39 is 6.10 Å². The number of allylic oxidation sites excluding steroid dienone is 16. The van der Waals surface area contributed by atoms with E-state index in [0.29, 0.717) is 19.3 Å². The Labute approximate surface area is 394 Å². The zero-order valence-corrected chi connectivity index (χ0v) is 41.5. The lowest BCUT2D eigenvalue weighted by atomic mass is 10.1. The zero-order chi connectivity index (χ0) is 46.5. The van der Waals surface area contributed by atoms with E-state index in [-0.39, 0.29) is 37.5 Å². The lowest BCUT2D eigenvalue weighted by Crippen LogP contribution is -2.30. The van der Waals surface area contributed by atoms with Gasteiger partial charge in [-0.25, -0.2) is 0 Å². The molecule has 1 atom stereocenters. The van der Waals surface area contributed by atoms with Gasteiger partial charge in [-0.3, -0.25) is 14.4 Å². The summed E-state index contributed by atoms with van der Waals surface area (Å²) in [5.74, 6) is -0.973. The van der Waals surface area contributed by atoms with Gasteiger partial charge in [0.2, 0.25) is 0 Å². The van der Waals surface area contributed by atoms with E-state index in [1.54, 1.807) is 0 Å². The predicted octanol–water partition coefficient (Wildman–Crippen LogP) is 17.4. The lowest BCUT2D eigenvalue weighted by molar-refractivity contribution is -0.167. The molecule has 0 amide bonds. The molecule has 6 nitrogen and oxygen atoms in total. The first-order chi connectivity index (χ1) is 31.5. The van der Waals surface area contributed by atoms with E-state index in [0.717, 1.165) is 103 Å². The van der Waals surface area contributed by atoms with Crippen LogP contribution in [-0.2, 0) is 28.6 Å². The summed E-state index contributed by atoms with van der Waals surface area (Å²) in [6.07, 6.45) is 68.3. The molecule has 1 unspecified atom stereocenters. The zero-order valence-electron chi connectivity index (χ0n) is 41.5. The molecule has 0 heterocycles. The molecular weight excluding hydrogens is 793 g/mol. The molecule has 0 radical (unpaired) electrons. The van der Waals surface area contributed by atoms with Crippen LogP contribution in [0, 0.1) is 0 Å². The molecule has 0 aliphatic carbocycles. The largest absolute Gasteiger partial charge is 0.462 e. The van der Waals surface area contributed by atoms with Gasteiger partial charge in [0.15, 0.2) is 6.10 Å². The molecule has 0 rings (SSSR count). The van der Waals surface area contributed by atoms with Crippen LogP contribution < -0.4 is 0 Å². The van der Waals surface area contributed by atoms with Crippen molar-refractivity contribution in [2.45, 2.75) is 239 Å². The topological polar surface area (TPSA) is 78.9 Å². The number of rotatable bonds is 46. The fourth-order valence-electron chi connectivity index (χ4n) is 6.90. The molecule has 0 aliphatic rings. The van der Waals surface area contributed by atoms with Gasteiger partial charge in [-0.05, 0) is 96.3 Å². The molecule has 6 heteroatoms. The van der Waals surface area contributed by atoms with Crippen LogP contribution in [0.5, 0.6) is 0 Å². The van der Waals surface area contributed by atoms with Crippen LogP contribution in [-0.4, -0.2) is 37.2 Å². The Morgan fingerprint density at radius 2 is 0.625 bits per heavy atom. The highest BCUT2D eigenvalue weighted by atomic mass is 16.6. The molecule has 0 aromatic rings. The molecule has 0 aromatic heterocycles. The molecule has 364 valence electrons. The highest BCUT2D eigenvalue weighted by Crippen LogP contribution is 2.14. The highest BCUT2D eigenvalue weighted by Gasteiger charge is 2.19. The molecule has 0 spiro atoms. The standard InChI is InChI=1S/C58H96O6/c1-4-7-10-13-16-19-22-24-25-26-27-28-29-30-31-32-33-34-37-39-42-45-48-51-57(60)63-54-55(53-62-56(59)50-47-44-41-38-35-21-18-15-12-9-6-3)64-58(61)52-49-46-43-40-36-23-20-17-14-11-8-5-2/h7,10,16-17,19-20,24-25,27-28,30-31,33-34,39,42,55H,4-6,8-9,11-15,18,21-23,26,29,32,35-38,40-41,43-54H2,1-3H3/b10-7-,19-16-,20-17-,25-24-,28-27-,31-30-,34-33-,42-39-. The Morgan fingerprint density at radius 1 is 0.328 bits per heavy atom. The van der Waals surface area contributed by atoms with Crippen molar-refractivity contribution in [1.29, 1.82) is 0 Å². The monoisotopic (exact) mass is 889 g/mol. The Hall–Kier alpha value is -3.67. The van der Waals surface area contributed by atoms with Crippen LogP contribution >= 0.6 is 0 Å². The summed E-state index contributed by atoms with van der Waals surface area (Å²) in [6.45, 7) is 6.43. The maximum Gasteiger partial charge on any atom is 0.306 e. The number of hydrogen-bond donors (Lipinski definition) is 0. The summed E-state index contributed by atoms with van der Waals surface area (Å²) >= 11 is 0. The molecule has 64 heavy (non-hydrogen) atoms. The summed E-state index contributed by atoms with van der Waals surface area (Å²) < 4.78 is 16.7. The Bertz CT molecular complexity index is 1300. The molecule has 0 N–H and O–H groups in total. The van der Waals surface area contributed by atoms with Gasteiger partial charge in [0.1, 0.15) is 13.2 Å². The summed E-state index contributed by atoms with van der Waals surface area (Å²) in [4.78, 5) is 37.9. The number of esters is 3. The number of ether oxygens (including phenoxy) is 3. The van der Waals surface area contributed by atoms with Gasteiger partial charge in [0.25, 0.3) is 0 Å². The van der Waals surface area contributed by atoms with Crippen LogP contribution in [0.2, 0.25) is 0 Å². The normalized spacial score (nSPS) is 12.9. The average molecular weight is 889 g/mol. The van der Waals surface area contributed by atoms with E-state index in [1.165, 1.54) is 83.5 Å². The molecule has 0 aliphatic heterocycles. The smallest absolute Gasteiger partial charge is 0.306 e. The van der Waals surface area contributed by atoms with E-state index in [2.05, 4.69) is 118 Å². The van der Waals surface area contributed by atoms with Gasteiger partial charge in [-0.15, -0.1) is 0 Å². The molecule has 0 bridgehead atoms. The summed E-state index contributed by atoms with van der Waals surface area (Å²) in [7, 11) is 0.